The van der Waals surface area contributed by atoms with Crippen LogP contribution in [-0.2, 0) is 4.74 Å². The van der Waals surface area contributed by atoms with E-state index in [4.69, 9.17) is 4.74 Å². The highest BCUT2D eigenvalue weighted by atomic mass is 127. The topological polar surface area (TPSA) is 49.9 Å². The molecule has 2 atom stereocenters. The molecule has 2 unspecified atom stereocenters. The molecule has 0 radical (unpaired) electrons. The monoisotopic (exact) mass is 488 g/mol. The molecule has 2 aliphatic rings. The summed E-state index contributed by atoms with van der Waals surface area (Å²) >= 11 is 1.91. The number of hydrogen-bond acceptors (Lipinski definition) is 3. The quantitative estimate of drug-likeness (QED) is 0.579. The number of amides is 2. The van der Waals surface area contributed by atoms with E-state index in [9.17, 15) is 14.0 Å². The van der Waals surface area contributed by atoms with Crippen LogP contribution >= 0.6 is 22.6 Å². The van der Waals surface area contributed by atoms with E-state index in [0.717, 1.165) is 25.7 Å². The highest BCUT2D eigenvalue weighted by molar-refractivity contribution is 14.1. The van der Waals surface area contributed by atoms with E-state index in [1.54, 1.807) is 24.1 Å². The Labute approximate surface area is 173 Å². The summed E-state index contributed by atoms with van der Waals surface area (Å²) in [5.41, 5.74) is -0.160. The van der Waals surface area contributed by atoms with Gasteiger partial charge in [0.05, 0.1) is 0 Å². The zero-order valence-corrected chi connectivity index (χ0v) is 18.3. The molecule has 0 aliphatic carbocycles. The van der Waals surface area contributed by atoms with Gasteiger partial charge in [0.15, 0.2) is 0 Å². The summed E-state index contributed by atoms with van der Waals surface area (Å²) in [7, 11) is 1.77. The van der Waals surface area contributed by atoms with Crippen molar-refractivity contribution in [3.05, 3.63) is 33.1 Å². The van der Waals surface area contributed by atoms with Gasteiger partial charge in [-0.15, -0.1) is 0 Å². The molecule has 0 aromatic heterocycles. The van der Waals surface area contributed by atoms with Gasteiger partial charge >= 0.3 is 6.09 Å². The van der Waals surface area contributed by atoms with Crippen molar-refractivity contribution in [2.75, 3.05) is 7.05 Å². The van der Waals surface area contributed by atoms with E-state index >= 15 is 0 Å². The molecule has 2 heterocycles. The maximum absolute atomic E-state index is 13.8. The van der Waals surface area contributed by atoms with Crippen molar-refractivity contribution in [2.24, 2.45) is 0 Å². The second-order valence-corrected chi connectivity index (χ2v) is 9.60. The molecule has 148 valence electrons. The first-order valence-electron chi connectivity index (χ1n) is 9.30. The molecule has 27 heavy (non-hydrogen) atoms. The van der Waals surface area contributed by atoms with E-state index in [0.29, 0.717) is 9.13 Å². The Hall–Kier alpha value is -1.38. The predicted octanol–water partition coefficient (Wildman–Crippen LogP) is 4.43. The minimum Gasteiger partial charge on any atom is -0.444 e. The number of fused-ring (bicyclic) bond motifs is 2. The van der Waals surface area contributed by atoms with Crippen LogP contribution in [0.2, 0.25) is 0 Å². The number of carbonyl (C=O) groups is 2. The van der Waals surface area contributed by atoms with E-state index < -0.39 is 5.60 Å². The SMILES string of the molecule is CN(C(=O)c1ccc(I)c(F)c1)C1CC2CCC(C1)N2C(=O)OC(C)(C)C. The van der Waals surface area contributed by atoms with Gasteiger partial charge in [-0.25, -0.2) is 9.18 Å². The number of benzene rings is 1. The molecule has 2 amide bonds. The van der Waals surface area contributed by atoms with Gasteiger partial charge < -0.3 is 14.5 Å². The number of hydrogen-bond donors (Lipinski definition) is 0. The zero-order chi connectivity index (χ0) is 19.9. The molecule has 2 aliphatic heterocycles. The molecular formula is C20H26FIN2O3. The Balaban J connectivity index is 1.69. The lowest BCUT2D eigenvalue weighted by Gasteiger charge is -2.42. The number of rotatable bonds is 2. The first-order chi connectivity index (χ1) is 12.6. The highest BCUT2D eigenvalue weighted by Crippen LogP contribution is 2.38. The Bertz CT molecular complexity index is 735. The fourth-order valence-corrected chi connectivity index (χ4v) is 4.41. The third-order valence-electron chi connectivity index (χ3n) is 5.35. The van der Waals surface area contributed by atoms with Crippen LogP contribution in [0.25, 0.3) is 0 Å². The number of nitrogens with zero attached hydrogens (tertiary/aromatic N) is 2. The smallest absolute Gasteiger partial charge is 0.410 e. The highest BCUT2D eigenvalue weighted by Gasteiger charge is 2.46. The average Bonchev–Trinajstić information content (AvgIpc) is 2.85. The van der Waals surface area contributed by atoms with Crippen molar-refractivity contribution in [3.8, 4) is 0 Å². The Morgan fingerprint density at radius 3 is 2.33 bits per heavy atom. The number of carbonyl (C=O) groups excluding carboxylic acids is 2. The molecule has 1 aromatic rings. The zero-order valence-electron chi connectivity index (χ0n) is 16.2. The lowest BCUT2D eigenvalue weighted by atomic mass is 9.96. The minimum absolute atomic E-state index is 0.0380. The van der Waals surface area contributed by atoms with Crippen LogP contribution in [0.1, 0.15) is 56.8 Å². The molecule has 1 aromatic carbocycles. The Kier molecular flexibility index (Phi) is 5.70. The fourth-order valence-electron chi connectivity index (χ4n) is 4.08. The molecule has 0 saturated carbocycles. The summed E-state index contributed by atoms with van der Waals surface area (Å²) < 4.78 is 19.9. The van der Waals surface area contributed by atoms with Crippen LogP contribution in [-0.4, -0.2) is 52.6 Å². The Morgan fingerprint density at radius 1 is 1.22 bits per heavy atom. The fraction of sp³-hybridized carbons (Fsp3) is 0.600. The predicted molar refractivity (Wildman–Crippen MR) is 109 cm³/mol. The first-order valence-corrected chi connectivity index (χ1v) is 10.4. The van der Waals surface area contributed by atoms with Crippen molar-refractivity contribution in [1.82, 2.24) is 9.80 Å². The third kappa shape index (κ3) is 4.38. The van der Waals surface area contributed by atoms with E-state index in [-0.39, 0.29) is 35.9 Å². The average molecular weight is 488 g/mol. The molecule has 7 heteroatoms. The van der Waals surface area contributed by atoms with Crippen molar-refractivity contribution >= 4 is 34.6 Å². The number of piperidine rings is 1. The summed E-state index contributed by atoms with van der Waals surface area (Å²) in [5, 5.41) is 0. The summed E-state index contributed by atoms with van der Waals surface area (Å²) in [5.74, 6) is -0.560. The molecule has 0 spiro atoms. The van der Waals surface area contributed by atoms with Crippen LogP contribution in [0.5, 0.6) is 0 Å². The van der Waals surface area contributed by atoms with E-state index in [1.807, 2.05) is 48.3 Å². The van der Waals surface area contributed by atoms with Gasteiger partial charge in [-0.1, -0.05) is 0 Å². The summed E-state index contributed by atoms with van der Waals surface area (Å²) in [4.78, 5) is 28.9. The largest absolute Gasteiger partial charge is 0.444 e. The van der Waals surface area contributed by atoms with Gasteiger partial charge in [0.1, 0.15) is 11.4 Å². The first kappa shape index (κ1) is 20.4. The lowest BCUT2D eigenvalue weighted by molar-refractivity contribution is -0.00112. The van der Waals surface area contributed by atoms with Gasteiger partial charge in [0, 0.05) is 34.3 Å². The van der Waals surface area contributed by atoms with Gasteiger partial charge in [-0.2, -0.15) is 0 Å². The third-order valence-corrected chi connectivity index (χ3v) is 6.22. The van der Waals surface area contributed by atoms with Crippen LogP contribution in [0.4, 0.5) is 9.18 Å². The number of ether oxygens (including phenoxy) is 1. The number of halogens is 2. The normalized spacial score (nSPS) is 24.7. The minimum atomic E-state index is -0.519. The van der Waals surface area contributed by atoms with Crippen LogP contribution in [0, 0.1) is 9.39 Å². The Morgan fingerprint density at radius 2 is 1.81 bits per heavy atom. The molecule has 2 bridgehead atoms. The van der Waals surface area contributed by atoms with Crippen molar-refractivity contribution in [1.29, 1.82) is 0 Å². The molecule has 3 rings (SSSR count). The van der Waals surface area contributed by atoms with Gasteiger partial charge in [0.25, 0.3) is 5.91 Å². The second kappa shape index (κ2) is 7.56. The lowest BCUT2D eigenvalue weighted by Crippen LogP contribution is -2.53. The molecule has 0 N–H and O–H groups in total. The van der Waals surface area contributed by atoms with Crippen LogP contribution < -0.4 is 0 Å². The summed E-state index contributed by atoms with van der Waals surface area (Å²) in [6.07, 6.45) is 3.05. The van der Waals surface area contributed by atoms with Crippen molar-refractivity contribution < 1.29 is 18.7 Å². The van der Waals surface area contributed by atoms with Crippen molar-refractivity contribution in [3.63, 3.8) is 0 Å². The van der Waals surface area contributed by atoms with Gasteiger partial charge in [-0.3, -0.25) is 4.79 Å². The maximum Gasteiger partial charge on any atom is 0.410 e. The molecule has 2 fully saturated rings. The van der Waals surface area contributed by atoms with Crippen LogP contribution in [0.15, 0.2) is 18.2 Å². The molecular weight excluding hydrogens is 462 g/mol. The standard InChI is InChI=1S/C20H26FIN2O3/c1-20(2,3)27-19(26)24-13-6-7-14(24)11-15(10-13)23(4)18(25)12-5-8-17(22)16(21)9-12/h5,8-9,13-15H,6-7,10-11H2,1-4H3. The molecule has 5 nitrogen and oxygen atoms in total. The summed E-state index contributed by atoms with van der Waals surface area (Å²) in [6, 6.07) is 4.79. The van der Waals surface area contributed by atoms with Gasteiger partial charge in [0.2, 0.25) is 0 Å². The van der Waals surface area contributed by atoms with E-state index in [2.05, 4.69) is 0 Å². The van der Waals surface area contributed by atoms with Crippen molar-refractivity contribution in [2.45, 2.75) is 70.2 Å². The maximum atomic E-state index is 13.8. The van der Waals surface area contributed by atoms with E-state index in [1.165, 1.54) is 6.07 Å². The van der Waals surface area contributed by atoms with Crippen LogP contribution in [0.3, 0.4) is 0 Å². The summed E-state index contributed by atoms with van der Waals surface area (Å²) in [6.45, 7) is 5.60. The van der Waals surface area contributed by atoms with Gasteiger partial charge in [-0.05, 0) is 87.2 Å². The second-order valence-electron chi connectivity index (χ2n) is 8.44. The molecule has 2 saturated heterocycles.